The zero-order valence-electron chi connectivity index (χ0n) is 10.6. The van der Waals surface area contributed by atoms with Crippen molar-refractivity contribution in [2.75, 3.05) is 11.9 Å². The third kappa shape index (κ3) is 3.15. The van der Waals surface area contributed by atoms with Gasteiger partial charge in [-0.05, 0) is 26.0 Å². The molecule has 0 unspecified atom stereocenters. The molecule has 0 aliphatic rings. The Bertz CT molecular complexity index is 590. The van der Waals surface area contributed by atoms with Crippen molar-refractivity contribution in [1.82, 2.24) is 9.97 Å². The lowest BCUT2D eigenvalue weighted by atomic mass is 10.3. The highest BCUT2D eigenvalue weighted by atomic mass is 19.1. The summed E-state index contributed by atoms with van der Waals surface area (Å²) in [6.45, 7) is 4.27. The number of ether oxygens (including phenoxy) is 1. The van der Waals surface area contributed by atoms with Crippen LogP contribution in [-0.4, -0.2) is 16.5 Å². The minimum absolute atomic E-state index is 0.190. The van der Waals surface area contributed by atoms with Crippen molar-refractivity contribution in [2.45, 2.75) is 13.8 Å². The normalized spacial score (nSPS) is 10.3. The van der Waals surface area contributed by atoms with Crippen LogP contribution in [0.4, 0.5) is 14.7 Å². The van der Waals surface area contributed by atoms with E-state index in [1.807, 2.05) is 6.92 Å². The average molecular weight is 265 g/mol. The summed E-state index contributed by atoms with van der Waals surface area (Å²) in [5, 5.41) is 2.92. The molecule has 0 aliphatic carbocycles. The van der Waals surface area contributed by atoms with Crippen molar-refractivity contribution in [3.8, 4) is 11.6 Å². The molecule has 0 atom stereocenters. The first kappa shape index (κ1) is 13.2. The van der Waals surface area contributed by atoms with Gasteiger partial charge in [-0.15, -0.1) is 0 Å². The molecule has 0 saturated carbocycles. The number of anilines is 1. The molecule has 0 aliphatic heterocycles. The summed E-state index contributed by atoms with van der Waals surface area (Å²) in [5.74, 6) is -0.862. The van der Waals surface area contributed by atoms with E-state index in [2.05, 4.69) is 15.3 Å². The quantitative estimate of drug-likeness (QED) is 0.921. The molecule has 4 nitrogen and oxygen atoms in total. The largest absolute Gasteiger partial charge is 0.435 e. The molecule has 1 aromatic heterocycles. The molecule has 0 saturated heterocycles. The van der Waals surface area contributed by atoms with Crippen LogP contribution >= 0.6 is 0 Å². The van der Waals surface area contributed by atoms with Crippen LogP contribution in [0, 0.1) is 18.6 Å². The minimum Gasteiger partial charge on any atom is -0.435 e. The summed E-state index contributed by atoms with van der Waals surface area (Å²) in [7, 11) is 0. The Balaban J connectivity index is 2.31. The number of hydrogen-bond donors (Lipinski definition) is 1. The minimum atomic E-state index is -0.649. The van der Waals surface area contributed by atoms with E-state index < -0.39 is 11.6 Å². The molecular weight excluding hydrogens is 252 g/mol. The summed E-state index contributed by atoms with van der Waals surface area (Å²) in [6, 6.07) is 3.01. The third-order valence-electron chi connectivity index (χ3n) is 2.36. The van der Waals surface area contributed by atoms with Gasteiger partial charge in [0.2, 0.25) is 11.8 Å². The first-order valence-electron chi connectivity index (χ1n) is 5.80. The Morgan fingerprint density at radius 2 is 2.11 bits per heavy atom. The van der Waals surface area contributed by atoms with Gasteiger partial charge in [0.25, 0.3) is 0 Å². The van der Waals surface area contributed by atoms with Crippen molar-refractivity contribution in [1.29, 1.82) is 0 Å². The predicted octanol–water partition coefficient (Wildman–Crippen LogP) is 3.29. The van der Waals surface area contributed by atoms with Gasteiger partial charge in [-0.2, -0.15) is 4.98 Å². The van der Waals surface area contributed by atoms with Crippen LogP contribution in [0.25, 0.3) is 0 Å². The number of rotatable bonds is 4. The Kier molecular flexibility index (Phi) is 3.89. The molecule has 0 amide bonds. The smallest absolute Gasteiger partial charge is 0.227 e. The van der Waals surface area contributed by atoms with Crippen LogP contribution in [0.5, 0.6) is 11.6 Å². The molecule has 0 fully saturated rings. The van der Waals surface area contributed by atoms with E-state index in [-0.39, 0.29) is 11.6 Å². The van der Waals surface area contributed by atoms with Crippen LogP contribution in [0.2, 0.25) is 0 Å². The van der Waals surface area contributed by atoms with Crippen LogP contribution in [-0.2, 0) is 0 Å². The van der Waals surface area contributed by atoms with E-state index in [4.69, 9.17) is 4.74 Å². The van der Waals surface area contributed by atoms with Crippen LogP contribution in [0.3, 0.4) is 0 Å². The molecule has 1 heterocycles. The number of aryl methyl sites for hydroxylation is 1. The standard InChI is InChI=1S/C13H13F2N3O/c1-3-16-13-17-7-8(2)12(18-13)19-11-6-9(14)4-5-10(11)15/h4-7H,3H2,1-2H3,(H,16,17,18). The molecule has 100 valence electrons. The molecular formula is C13H13F2N3O. The van der Waals surface area contributed by atoms with Crippen LogP contribution in [0.15, 0.2) is 24.4 Å². The van der Waals surface area contributed by atoms with Gasteiger partial charge in [0.05, 0.1) is 0 Å². The Morgan fingerprint density at radius 3 is 2.84 bits per heavy atom. The van der Waals surface area contributed by atoms with Gasteiger partial charge in [0.1, 0.15) is 5.82 Å². The first-order chi connectivity index (χ1) is 9.10. The molecule has 2 aromatic rings. The van der Waals surface area contributed by atoms with Gasteiger partial charge in [0.15, 0.2) is 11.6 Å². The molecule has 1 aromatic carbocycles. The topological polar surface area (TPSA) is 47.0 Å². The van der Waals surface area contributed by atoms with Crippen LogP contribution < -0.4 is 10.1 Å². The summed E-state index contributed by atoms with van der Waals surface area (Å²) in [4.78, 5) is 8.13. The average Bonchev–Trinajstić information content (AvgIpc) is 2.38. The van der Waals surface area contributed by atoms with Gasteiger partial charge in [-0.25, -0.2) is 13.8 Å². The highest BCUT2D eigenvalue weighted by Gasteiger charge is 2.10. The lowest BCUT2D eigenvalue weighted by molar-refractivity contribution is 0.419. The lowest BCUT2D eigenvalue weighted by Gasteiger charge is -2.10. The number of nitrogens with zero attached hydrogens (tertiary/aromatic N) is 2. The van der Waals surface area contributed by atoms with E-state index in [1.54, 1.807) is 13.1 Å². The van der Waals surface area contributed by atoms with Crippen molar-refractivity contribution >= 4 is 5.95 Å². The second kappa shape index (κ2) is 5.60. The SMILES string of the molecule is CCNc1ncc(C)c(Oc2cc(F)ccc2F)n1. The molecule has 2 rings (SSSR count). The Labute approximate surface area is 109 Å². The van der Waals surface area contributed by atoms with Crippen molar-refractivity contribution in [3.05, 3.63) is 41.6 Å². The molecule has 1 N–H and O–H groups in total. The summed E-state index contributed by atoms with van der Waals surface area (Å²) >= 11 is 0. The highest BCUT2D eigenvalue weighted by Crippen LogP contribution is 2.26. The zero-order chi connectivity index (χ0) is 13.8. The Morgan fingerprint density at radius 1 is 1.32 bits per heavy atom. The van der Waals surface area contributed by atoms with E-state index >= 15 is 0 Å². The maximum atomic E-state index is 13.5. The van der Waals surface area contributed by atoms with Gasteiger partial charge in [-0.3, -0.25) is 0 Å². The molecule has 0 spiro atoms. The fourth-order valence-corrected chi connectivity index (χ4v) is 1.43. The maximum absolute atomic E-state index is 13.5. The monoisotopic (exact) mass is 265 g/mol. The summed E-state index contributed by atoms with van der Waals surface area (Å²) in [6.07, 6.45) is 1.55. The number of benzene rings is 1. The lowest BCUT2D eigenvalue weighted by Crippen LogP contribution is -2.04. The fourth-order valence-electron chi connectivity index (χ4n) is 1.43. The van der Waals surface area contributed by atoms with Crippen molar-refractivity contribution < 1.29 is 13.5 Å². The van der Waals surface area contributed by atoms with Crippen molar-refractivity contribution in [2.24, 2.45) is 0 Å². The molecule has 0 bridgehead atoms. The van der Waals surface area contributed by atoms with Gasteiger partial charge < -0.3 is 10.1 Å². The second-order valence-electron chi connectivity index (χ2n) is 3.89. The number of nitrogens with one attached hydrogen (secondary N) is 1. The zero-order valence-corrected chi connectivity index (χ0v) is 10.6. The van der Waals surface area contributed by atoms with E-state index in [1.165, 1.54) is 0 Å². The van der Waals surface area contributed by atoms with Gasteiger partial charge in [0, 0.05) is 24.4 Å². The highest BCUT2D eigenvalue weighted by molar-refractivity contribution is 5.36. The molecule has 6 heteroatoms. The first-order valence-corrected chi connectivity index (χ1v) is 5.80. The Hall–Kier alpha value is -2.24. The van der Waals surface area contributed by atoms with E-state index in [9.17, 15) is 8.78 Å². The number of halogens is 2. The predicted molar refractivity (Wildman–Crippen MR) is 67.4 cm³/mol. The van der Waals surface area contributed by atoms with Gasteiger partial charge in [-0.1, -0.05) is 0 Å². The van der Waals surface area contributed by atoms with Gasteiger partial charge >= 0.3 is 0 Å². The number of hydrogen-bond acceptors (Lipinski definition) is 4. The van der Waals surface area contributed by atoms with Crippen LogP contribution in [0.1, 0.15) is 12.5 Å². The van der Waals surface area contributed by atoms with E-state index in [0.717, 1.165) is 18.2 Å². The fraction of sp³-hybridized carbons (Fsp3) is 0.231. The molecule has 19 heavy (non-hydrogen) atoms. The van der Waals surface area contributed by atoms with E-state index in [0.29, 0.717) is 18.1 Å². The summed E-state index contributed by atoms with van der Waals surface area (Å²) in [5.41, 5.74) is 0.630. The summed E-state index contributed by atoms with van der Waals surface area (Å²) < 4.78 is 31.8. The van der Waals surface area contributed by atoms with Crippen molar-refractivity contribution in [3.63, 3.8) is 0 Å². The second-order valence-corrected chi connectivity index (χ2v) is 3.89. The maximum Gasteiger partial charge on any atom is 0.227 e. The number of aromatic nitrogens is 2. The third-order valence-corrected chi connectivity index (χ3v) is 2.36. The molecule has 0 radical (unpaired) electrons.